The summed E-state index contributed by atoms with van der Waals surface area (Å²) < 4.78 is 13.7. The van der Waals surface area contributed by atoms with Gasteiger partial charge in [0.1, 0.15) is 29.1 Å². The number of ether oxygens (including phenoxy) is 2. The lowest BCUT2D eigenvalue weighted by molar-refractivity contribution is 0.00726. The van der Waals surface area contributed by atoms with Crippen molar-refractivity contribution >= 4 is 22.8 Å². The van der Waals surface area contributed by atoms with E-state index in [0.29, 0.717) is 30.6 Å². The van der Waals surface area contributed by atoms with Gasteiger partial charge in [0.25, 0.3) is 0 Å². The average molecular weight is 584 g/mol. The second-order valence-electron chi connectivity index (χ2n) is 12.6. The van der Waals surface area contributed by atoms with Crippen molar-refractivity contribution in [2.24, 2.45) is 0 Å². The molecule has 2 fully saturated rings. The van der Waals surface area contributed by atoms with Crippen LogP contribution in [0.4, 0.5) is 10.5 Å². The molecule has 0 radical (unpaired) electrons. The average Bonchev–Trinajstić information content (AvgIpc) is 3.39. The van der Waals surface area contributed by atoms with Gasteiger partial charge in [0.15, 0.2) is 5.65 Å². The molecular formula is C33H41N7O3. The molecular weight excluding hydrogens is 542 g/mol. The normalized spacial score (nSPS) is 19.9. The Bertz CT molecular complexity index is 1580. The van der Waals surface area contributed by atoms with Gasteiger partial charge in [-0.15, -0.1) is 0 Å². The van der Waals surface area contributed by atoms with Crippen LogP contribution in [0.3, 0.4) is 0 Å². The van der Waals surface area contributed by atoms with Gasteiger partial charge in [0.05, 0.1) is 22.8 Å². The van der Waals surface area contributed by atoms with E-state index in [1.165, 1.54) is 0 Å². The number of amides is 1. The van der Waals surface area contributed by atoms with Crippen LogP contribution in [0.5, 0.6) is 11.5 Å². The van der Waals surface area contributed by atoms with Crippen LogP contribution >= 0.6 is 0 Å². The van der Waals surface area contributed by atoms with E-state index in [9.17, 15) is 4.79 Å². The zero-order valence-corrected chi connectivity index (χ0v) is 25.5. The summed E-state index contributed by atoms with van der Waals surface area (Å²) in [7, 11) is 0. The van der Waals surface area contributed by atoms with Crippen LogP contribution in [-0.4, -0.2) is 73.5 Å². The number of rotatable bonds is 5. The Hall–Kier alpha value is -4.18. The number of carbonyl (C=O) groups excluding carboxylic acids is 1. The molecule has 2 aliphatic rings. The monoisotopic (exact) mass is 583 g/mol. The first-order valence-corrected chi connectivity index (χ1v) is 15.2. The predicted molar refractivity (Wildman–Crippen MR) is 167 cm³/mol. The Morgan fingerprint density at radius 3 is 2.30 bits per heavy atom. The number of nitrogen functional groups attached to an aromatic ring is 1. The molecule has 1 amide bonds. The van der Waals surface area contributed by atoms with E-state index < -0.39 is 5.60 Å². The zero-order valence-electron chi connectivity index (χ0n) is 25.5. The molecule has 2 N–H and O–H groups in total. The molecule has 43 heavy (non-hydrogen) atoms. The van der Waals surface area contributed by atoms with Crippen molar-refractivity contribution in [3.05, 3.63) is 60.6 Å². The number of piperazine rings is 1. The van der Waals surface area contributed by atoms with Crippen LogP contribution in [-0.2, 0) is 4.74 Å². The van der Waals surface area contributed by atoms with Gasteiger partial charge in [-0.05, 0) is 83.7 Å². The predicted octanol–water partition coefficient (Wildman–Crippen LogP) is 6.21. The Labute approximate surface area is 252 Å². The number of hydrogen-bond acceptors (Lipinski definition) is 8. The first-order valence-electron chi connectivity index (χ1n) is 15.2. The molecule has 1 saturated heterocycles. The molecule has 0 bridgehead atoms. The van der Waals surface area contributed by atoms with E-state index in [1.54, 1.807) is 6.33 Å². The molecule has 0 spiro atoms. The lowest BCUT2D eigenvalue weighted by Crippen LogP contribution is -2.53. The number of nitrogens with zero attached hydrogens (tertiary/aromatic N) is 6. The van der Waals surface area contributed by atoms with Crippen molar-refractivity contribution in [2.75, 3.05) is 31.9 Å². The molecule has 6 rings (SSSR count). The fourth-order valence-electron chi connectivity index (χ4n) is 6.24. The number of carbonyl (C=O) groups is 1. The van der Waals surface area contributed by atoms with E-state index in [-0.39, 0.29) is 12.1 Å². The minimum atomic E-state index is -0.473. The topological polar surface area (TPSA) is 112 Å². The molecule has 0 unspecified atom stereocenters. The second kappa shape index (κ2) is 11.8. The van der Waals surface area contributed by atoms with Crippen molar-refractivity contribution in [3.63, 3.8) is 0 Å². The molecule has 0 atom stereocenters. The fraction of sp³-hybridized carbons (Fsp3) is 0.455. The molecule has 2 aromatic heterocycles. The fourth-order valence-corrected chi connectivity index (χ4v) is 6.24. The third-order valence-electron chi connectivity index (χ3n) is 8.43. The van der Waals surface area contributed by atoms with Gasteiger partial charge in [-0.3, -0.25) is 4.90 Å². The van der Waals surface area contributed by atoms with Gasteiger partial charge in [0, 0.05) is 37.8 Å². The molecule has 10 heteroatoms. The highest BCUT2D eigenvalue weighted by atomic mass is 16.6. The van der Waals surface area contributed by atoms with Crippen LogP contribution in [0.1, 0.15) is 58.2 Å². The summed E-state index contributed by atoms with van der Waals surface area (Å²) in [4.78, 5) is 26.1. The van der Waals surface area contributed by atoms with Crippen LogP contribution < -0.4 is 10.5 Å². The summed E-state index contributed by atoms with van der Waals surface area (Å²) in [6.45, 7) is 10.9. The standard InChI is InChI=1S/C33H41N7O3/c1-22-29-30(23-10-15-28(27(34)20-23)42-26-8-6-5-7-9-26)37-40(31(29)36-21-35-22)25-13-11-24(12-14-25)38-16-18-39(19-17-38)32(41)43-33(2,3)4/h5-10,15,20-21,24-25H,11-14,16-19,34H2,1-4H3. The second-order valence-corrected chi connectivity index (χ2v) is 12.6. The van der Waals surface area contributed by atoms with Crippen molar-refractivity contribution in [2.45, 2.75) is 71.1 Å². The number of fused-ring (bicyclic) bond motifs is 1. The molecule has 3 heterocycles. The number of nitrogens with two attached hydrogens (primary N) is 1. The molecule has 1 saturated carbocycles. The Kier molecular flexibility index (Phi) is 7.96. The van der Waals surface area contributed by atoms with E-state index in [0.717, 1.165) is 72.5 Å². The molecule has 1 aliphatic carbocycles. The molecule has 226 valence electrons. The van der Waals surface area contributed by atoms with E-state index in [4.69, 9.17) is 25.3 Å². The van der Waals surface area contributed by atoms with Gasteiger partial charge in [-0.2, -0.15) is 5.10 Å². The summed E-state index contributed by atoms with van der Waals surface area (Å²) in [6.07, 6.45) is 5.60. The zero-order chi connectivity index (χ0) is 30.1. The van der Waals surface area contributed by atoms with Crippen LogP contribution in [0.25, 0.3) is 22.3 Å². The number of para-hydroxylation sites is 1. The summed E-state index contributed by atoms with van der Waals surface area (Å²) in [5.41, 5.74) is 10.0. The quantitative estimate of drug-likeness (QED) is 0.276. The Morgan fingerprint density at radius 2 is 1.63 bits per heavy atom. The maximum absolute atomic E-state index is 12.5. The van der Waals surface area contributed by atoms with Gasteiger partial charge in [0.2, 0.25) is 0 Å². The molecule has 1 aliphatic heterocycles. The van der Waals surface area contributed by atoms with E-state index >= 15 is 0 Å². The molecule has 4 aromatic rings. The maximum atomic E-state index is 12.5. The summed E-state index contributed by atoms with van der Waals surface area (Å²) in [6, 6.07) is 16.2. The van der Waals surface area contributed by atoms with Gasteiger partial charge in [-0.25, -0.2) is 19.4 Å². The van der Waals surface area contributed by atoms with Gasteiger partial charge >= 0.3 is 6.09 Å². The van der Waals surface area contributed by atoms with Crippen LogP contribution in [0.15, 0.2) is 54.9 Å². The highest BCUT2D eigenvalue weighted by Gasteiger charge is 2.33. The number of benzene rings is 2. The van der Waals surface area contributed by atoms with Crippen molar-refractivity contribution < 1.29 is 14.3 Å². The Morgan fingerprint density at radius 1 is 0.930 bits per heavy atom. The lowest BCUT2D eigenvalue weighted by atomic mass is 9.90. The summed E-state index contributed by atoms with van der Waals surface area (Å²) >= 11 is 0. The SMILES string of the molecule is Cc1ncnc2c1c(-c1ccc(Oc3ccccc3)c(N)c1)nn2C1CCC(N2CCN(C(=O)OC(C)(C)C)CC2)CC1. The maximum Gasteiger partial charge on any atom is 0.410 e. The smallest absolute Gasteiger partial charge is 0.410 e. The number of aryl methyl sites for hydroxylation is 1. The van der Waals surface area contributed by atoms with Crippen LogP contribution in [0, 0.1) is 6.92 Å². The van der Waals surface area contributed by atoms with E-state index in [1.807, 2.05) is 81.1 Å². The van der Waals surface area contributed by atoms with Gasteiger partial charge in [-0.1, -0.05) is 18.2 Å². The highest BCUT2D eigenvalue weighted by molar-refractivity contribution is 5.93. The van der Waals surface area contributed by atoms with E-state index in [2.05, 4.69) is 14.6 Å². The Balaban J connectivity index is 1.15. The molecule has 10 nitrogen and oxygen atoms in total. The van der Waals surface area contributed by atoms with Crippen molar-refractivity contribution in [3.8, 4) is 22.8 Å². The first kappa shape index (κ1) is 28.9. The minimum absolute atomic E-state index is 0.213. The largest absolute Gasteiger partial charge is 0.455 e. The van der Waals surface area contributed by atoms with Crippen molar-refractivity contribution in [1.82, 2.24) is 29.5 Å². The third-order valence-corrected chi connectivity index (χ3v) is 8.43. The van der Waals surface area contributed by atoms with Crippen molar-refractivity contribution in [1.29, 1.82) is 0 Å². The van der Waals surface area contributed by atoms with Crippen LogP contribution in [0.2, 0.25) is 0 Å². The number of hydrogen-bond donors (Lipinski definition) is 1. The van der Waals surface area contributed by atoms with Gasteiger partial charge < -0.3 is 20.1 Å². The highest BCUT2D eigenvalue weighted by Crippen LogP contribution is 2.38. The summed E-state index contributed by atoms with van der Waals surface area (Å²) in [5, 5.41) is 6.10. The lowest BCUT2D eigenvalue weighted by Gasteiger charge is -2.42. The first-order chi connectivity index (χ1) is 20.7. The third kappa shape index (κ3) is 6.29. The molecule has 2 aromatic carbocycles. The minimum Gasteiger partial charge on any atom is -0.455 e. The number of aromatic nitrogens is 4. The summed E-state index contributed by atoms with van der Waals surface area (Å²) in [5.74, 6) is 1.35. The number of anilines is 1.